The monoisotopic (exact) mass is 288 g/mol. The highest BCUT2D eigenvalue weighted by atomic mass is 16.1. The van der Waals surface area contributed by atoms with Crippen LogP contribution in [0.1, 0.15) is 11.1 Å². The van der Waals surface area contributed by atoms with Gasteiger partial charge in [-0.05, 0) is 23.8 Å². The molecule has 4 aromatic rings. The summed E-state index contributed by atoms with van der Waals surface area (Å²) in [4.78, 5) is 15.9. The van der Waals surface area contributed by atoms with E-state index < -0.39 is 0 Å². The predicted molar refractivity (Wildman–Crippen MR) is 90.3 cm³/mol. The molecule has 0 aliphatic heterocycles. The van der Waals surface area contributed by atoms with E-state index in [1.165, 1.54) is 16.5 Å². The smallest absolute Gasteiger partial charge is 0.192 e. The third-order valence-electron chi connectivity index (χ3n) is 4.23. The maximum atomic E-state index is 12.6. The lowest BCUT2D eigenvalue weighted by Crippen LogP contribution is -2.10. The zero-order valence-corrected chi connectivity index (χ0v) is 12.3. The Morgan fingerprint density at radius 2 is 1.68 bits per heavy atom. The van der Waals surface area contributed by atoms with Gasteiger partial charge in [0.1, 0.15) is 0 Å². The minimum atomic E-state index is 0.113. The molecule has 3 nitrogen and oxygen atoms in total. The number of aromatic amines is 1. The van der Waals surface area contributed by atoms with Crippen molar-refractivity contribution < 1.29 is 0 Å². The molecule has 0 fully saturated rings. The molecule has 0 spiro atoms. The summed E-state index contributed by atoms with van der Waals surface area (Å²) in [5, 5.41) is 1.96. The van der Waals surface area contributed by atoms with Crippen LogP contribution in [0.25, 0.3) is 21.8 Å². The summed E-state index contributed by atoms with van der Waals surface area (Å²) in [7, 11) is 2.04. The average Bonchev–Trinajstić information content (AvgIpc) is 2.87. The molecule has 0 unspecified atom stereocenters. The molecule has 0 amide bonds. The van der Waals surface area contributed by atoms with Crippen molar-refractivity contribution in [3.8, 4) is 0 Å². The number of nitrogens with zero attached hydrogens (tertiary/aromatic N) is 1. The van der Waals surface area contributed by atoms with Gasteiger partial charge >= 0.3 is 0 Å². The topological polar surface area (TPSA) is 37.8 Å². The lowest BCUT2D eigenvalue weighted by atomic mass is 10.0. The minimum Gasteiger partial charge on any atom is -0.361 e. The van der Waals surface area contributed by atoms with Crippen molar-refractivity contribution in [3.63, 3.8) is 0 Å². The molecule has 4 rings (SSSR count). The summed E-state index contributed by atoms with van der Waals surface area (Å²) >= 11 is 0. The van der Waals surface area contributed by atoms with Crippen molar-refractivity contribution >= 4 is 21.8 Å². The molecule has 0 aliphatic rings. The fourth-order valence-electron chi connectivity index (χ4n) is 3.11. The van der Waals surface area contributed by atoms with Crippen LogP contribution in [0.15, 0.2) is 65.7 Å². The number of hydrogen-bond donors (Lipinski definition) is 1. The summed E-state index contributed by atoms with van der Waals surface area (Å²) in [5.41, 5.74) is 4.17. The number of rotatable bonds is 2. The molecule has 0 saturated carbocycles. The number of hydrogen-bond acceptors (Lipinski definition) is 1. The number of nitrogens with one attached hydrogen (secondary N) is 1. The predicted octanol–water partition coefficient (Wildman–Crippen LogP) is 3.61. The summed E-state index contributed by atoms with van der Waals surface area (Å²) in [5.74, 6) is 0. The zero-order chi connectivity index (χ0) is 15.1. The van der Waals surface area contributed by atoms with Gasteiger partial charge in [-0.2, -0.15) is 0 Å². The van der Waals surface area contributed by atoms with Crippen molar-refractivity contribution in [1.29, 1.82) is 0 Å². The van der Waals surface area contributed by atoms with Crippen LogP contribution < -0.4 is 5.43 Å². The van der Waals surface area contributed by atoms with E-state index in [9.17, 15) is 4.79 Å². The van der Waals surface area contributed by atoms with Gasteiger partial charge in [0, 0.05) is 53.2 Å². The summed E-state index contributed by atoms with van der Waals surface area (Å²) in [6.45, 7) is 0. The number of fused-ring (bicyclic) bond motifs is 2. The van der Waals surface area contributed by atoms with Crippen LogP contribution in [-0.4, -0.2) is 9.55 Å². The van der Waals surface area contributed by atoms with Crippen LogP contribution in [0.4, 0.5) is 0 Å². The third-order valence-corrected chi connectivity index (χ3v) is 4.23. The maximum Gasteiger partial charge on any atom is 0.192 e. The van der Waals surface area contributed by atoms with Crippen LogP contribution in [-0.2, 0) is 13.5 Å². The normalized spacial score (nSPS) is 11.3. The molecule has 3 heteroatoms. The summed E-state index contributed by atoms with van der Waals surface area (Å²) < 4.78 is 2.11. The Kier molecular flexibility index (Phi) is 2.86. The second-order valence-corrected chi connectivity index (χ2v) is 5.65. The highest BCUT2D eigenvalue weighted by Gasteiger charge is 2.10. The highest BCUT2D eigenvalue weighted by molar-refractivity contribution is 5.84. The average molecular weight is 288 g/mol. The molecule has 2 aromatic heterocycles. The van der Waals surface area contributed by atoms with Gasteiger partial charge in [0.15, 0.2) is 5.43 Å². The number of benzene rings is 2. The van der Waals surface area contributed by atoms with E-state index in [0.717, 1.165) is 16.5 Å². The van der Waals surface area contributed by atoms with E-state index in [1.54, 1.807) is 0 Å². The standard InChI is InChI=1S/C19H16N2O/c1-21-12-14(15-6-3-5-9-18(15)21)10-13-11-20-17-8-4-2-7-16(17)19(13)22/h2-9,11-12H,10H2,1H3,(H,20,22). The zero-order valence-electron chi connectivity index (χ0n) is 12.3. The van der Waals surface area contributed by atoms with Gasteiger partial charge in [-0.25, -0.2) is 0 Å². The lowest BCUT2D eigenvalue weighted by molar-refractivity contribution is 0.957. The van der Waals surface area contributed by atoms with Crippen molar-refractivity contribution in [3.05, 3.63) is 82.3 Å². The van der Waals surface area contributed by atoms with Gasteiger partial charge in [-0.1, -0.05) is 30.3 Å². The van der Waals surface area contributed by atoms with Crippen molar-refractivity contribution in [2.45, 2.75) is 6.42 Å². The molecule has 22 heavy (non-hydrogen) atoms. The van der Waals surface area contributed by atoms with E-state index in [1.807, 2.05) is 49.6 Å². The molecule has 0 bridgehead atoms. The SMILES string of the molecule is Cn1cc(Cc2c[nH]c3ccccc3c2=O)c2ccccc21. The Balaban J connectivity index is 1.86. The molecule has 108 valence electrons. The first kappa shape index (κ1) is 12.9. The van der Waals surface area contributed by atoms with Crippen LogP contribution in [0.5, 0.6) is 0 Å². The fourth-order valence-corrected chi connectivity index (χ4v) is 3.11. The molecular weight excluding hydrogens is 272 g/mol. The number of aromatic nitrogens is 2. The van der Waals surface area contributed by atoms with Gasteiger partial charge in [0.2, 0.25) is 0 Å². The molecular formula is C19H16N2O. The van der Waals surface area contributed by atoms with E-state index in [0.29, 0.717) is 6.42 Å². The Labute approximate surface area is 127 Å². The molecule has 0 atom stereocenters. The molecule has 0 saturated heterocycles. The van der Waals surface area contributed by atoms with Gasteiger partial charge in [-0.3, -0.25) is 4.79 Å². The van der Waals surface area contributed by atoms with E-state index in [-0.39, 0.29) is 5.43 Å². The first-order chi connectivity index (χ1) is 10.7. The fraction of sp³-hybridized carbons (Fsp3) is 0.105. The highest BCUT2D eigenvalue weighted by Crippen LogP contribution is 2.22. The number of H-pyrrole nitrogens is 1. The van der Waals surface area contributed by atoms with Gasteiger partial charge in [-0.15, -0.1) is 0 Å². The quantitative estimate of drug-likeness (QED) is 0.601. The van der Waals surface area contributed by atoms with Crippen molar-refractivity contribution in [2.24, 2.45) is 7.05 Å². The van der Waals surface area contributed by atoms with Crippen LogP contribution in [0.2, 0.25) is 0 Å². The van der Waals surface area contributed by atoms with Crippen molar-refractivity contribution in [1.82, 2.24) is 9.55 Å². The first-order valence-corrected chi connectivity index (χ1v) is 7.36. The number of aryl methyl sites for hydroxylation is 1. The Morgan fingerprint density at radius 1 is 0.955 bits per heavy atom. The van der Waals surface area contributed by atoms with E-state index in [4.69, 9.17) is 0 Å². The largest absolute Gasteiger partial charge is 0.361 e. The molecule has 2 aromatic carbocycles. The Morgan fingerprint density at radius 3 is 2.55 bits per heavy atom. The second kappa shape index (κ2) is 4.88. The van der Waals surface area contributed by atoms with Gasteiger partial charge in [0.05, 0.1) is 0 Å². The van der Waals surface area contributed by atoms with Gasteiger partial charge < -0.3 is 9.55 Å². The number of pyridine rings is 1. The van der Waals surface area contributed by atoms with Gasteiger partial charge in [0.25, 0.3) is 0 Å². The van der Waals surface area contributed by atoms with Crippen LogP contribution in [0, 0.1) is 0 Å². The summed E-state index contributed by atoms with van der Waals surface area (Å²) in [6.07, 6.45) is 4.59. The maximum absolute atomic E-state index is 12.6. The molecule has 2 heterocycles. The van der Waals surface area contributed by atoms with Crippen molar-refractivity contribution in [2.75, 3.05) is 0 Å². The second-order valence-electron chi connectivity index (χ2n) is 5.65. The Hall–Kier alpha value is -2.81. The van der Waals surface area contributed by atoms with E-state index in [2.05, 4.69) is 27.9 Å². The molecule has 1 N–H and O–H groups in total. The number of para-hydroxylation sites is 2. The van der Waals surface area contributed by atoms with E-state index >= 15 is 0 Å². The Bertz CT molecular complexity index is 1040. The van der Waals surface area contributed by atoms with Crippen LogP contribution in [0.3, 0.4) is 0 Å². The minimum absolute atomic E-state index is 0.113. The first-order valence-electron chi connectivity index (χ1n) is 7.36. The molecule has 0 radical (unpaired) electrons. The summed E-state index contributed by atoms with van der Waals surface area (Å²) in [6, 6.07) is 15.9. The third kappa shape index (κ3) is 1.94. The molecule has 0 aliphatic carbocycles. The lowest BCUT2D eigenvalue weighted by Gasteiger charge is -2.03. The van der Waals surface area contributed by atoms with Crippen LogP contribution >= 0.6 is 0 Å².